The van der Waals surface area contributed by atoms with Gasteiger partial charge in [0.15, 0.2) is 0 Å². The van der Waals surface area contributed by atoms with Gasteiger partial charge in [0.05, 0.1) is 11.3 Å². The molecule has 0 aliphatic rings. The highest BCUT2D eigenvalue weighted by Gasteiger charge is 2.12. The first-order valence-electron chi connectivity index (χ1n) is 5.15. The largest absolute Gasteiger partial charge is 0.389 e. The van der Waals surface area contributed by atoms with Crippen molar-refractivity contribution in [1.82, 2.24) is 5.32 Å². The van der Waals surface area contributed by atoms with E-state index in [2.05, 4.69) is 10.6 Å². The number of carbonyl (C=O) groups is 1. The topological polar surface area (TPSA) is 61.4 Å². The molecule has 1 amide bonds. The number of thiophene rings is 1. The van der Waals surface area contributed by atoms with Gasteiger partial charge in [0.1, 0.15) is 0 Å². The molecule has 1 heterocycles. The number of hydrogen-bond acceptors (Lipinski definition) is 4. The molecule has 0 bridgehead atoms. The fraction of sp³-hybridized carbons (Fsp3) is 0.545. The highest BCUT2D eigenvalue weighted by atomic mass is 32.1. The molecule has 0 unspecified atom stereocenters. The molecule has 1 rings (SSSR count). The van der Waals surface area contributed by atoms with Gasteiger partial charge in [0, 0.05) is 24.9 Å². The normalized spacial score (nSPS) is 11.5. The third-order valence-corrected chi connectivity index (χ3v) is 2.82. The molecule has 0 aliphatic heterocycles. The lowest BCUT2D eigenvalue weighted by atomic mass is 10.1. The monoisotopic (exact) mass is 242 g/mol. The molecule has 0 radical (unpaired) electrons. The molecule has 1 aromatic rings. The Hall–Kier alpha value is -0.910. The fourth-order valence-electron chi connectivity index (χ4n) is 1.26. The highest BCUT2D eigenvalue weighted by molar-refractivity contribution is 7.10. The van der Waals surface area contributed by atoms with E-state index in [-0.39, 0.29) is 5.91 Å². The number of hydrogen-bond donors (Lipinski definition) is 3. The molecule has 0 aliphatic carbocycles. The minimum Gasteiger partial charge on any atom is -0.389 e. The minimum atomic E-state index is -0.717. The predicted molar refractivity (Wildman–Crippen MR) is 66.6 cm³/mol. The van der Waals surface area contributed by atoms with Crippen molar-refractivity contribution in [3.63, 3.8) is 0 Å². The van der Waals surface area contributed by atoms with Crippen molar-refractivity contribution in [3.05, 3.63) is 16.3 Å². The summed E-state index contributed by atoms with van der Waals surface area (Å²) in [6, 6.07) is 1.88. The van der Waals surface area contributed by atoms with E-state index >= 15 is 0 Å². The van der Waals surface area contributed by atoms with Crippen molar-refractivity contribution in [2.45, 2.75) is 32.9 Å². The molecule has 0 saturated carbocycles. The van der Waals surface area contributed by atoms with Gasteiger partial charge in [0.25, 0.3) is 0 Å². The van der Waals surface area contributed by atoms with Crippen LogP contribution in [0.1, 0.15) is 25.6 Å². The Morgan fingerprint density at radius 2 is 2.25 bits per heavy atom. The van der Waals surface area contributed by atoms with Crippen LogP contribution in [0.2, 0.25) is 0 Å². The number of nitrogens with one attached hydrogen (secondary N) is 2. The van der Waals surface area contributed by atoms with Crippen LogP contribution in [0, 0.1) is 0 Å². The van der Waals surface area contributed by atoms with Crippen molar-refractivity contribution in [3.8, 4) is 0 Å². The standard InChI is InChI=1S/C11H18N2O2S/c1-8(14)13-9-4-5-16-10(9)6-12-7-11(2,3)15/h4-5,12,15H,6-7H2,1-3H3,(H,13,14). The number of rotatable bonds is 5. The van der Waals surface area contributed by atoms with E-state index in [1.54, 1.807) is 25.2 Å². The predicted octanol–water partition coefficient (Wildman–Crippen LogP) is 1.57. The van der Waals surface area contributed by atoms with Crippen LogP contribution < -0.4 is 10.6 Å². The Morgan fingerprint density at radius 3 is 2.81 bits per heavy atom. The zero-order valence-corrected chi connectivity index (χ0v) is 10.6. The molecule has 1 aromatic heterocycles. The van der Waals surface area contributed by atoms with E-state index in [0.29, 0.717) is 13.1 Å². The van der Waals surface area contributed by atoms with Gasteiger partial charge in [-0.2, -0.15) is 0 Å². The van der Waals surface area contributed by atoms with Gasteiger partial charge in [-0.15, -0.1) is 11.3 Å². The summed E-state index contributed by atoms with van der Waals surface area (Å²) in [6.07, 6.45) is 0. The Kier molecular flexibility index (Phi) is 4.46. The van der Waals surface area contributed by atoms with Crippen LogP contribution in [-0.4, -0.2) is 23.2 Å². The summed E-state index contributed by atoms with van der Waals surface area (Å²) in [6.45, 7) is 6.17. The zero-order valence-electron chi connectivity index (χ0n) is 9.83. The molecule has 3 N–H and O–H groups in total. The SMILES string of the molecule is CC(=O)Nc1ccsc1CNCC(C)(C)O. The summed E-state index contributed by atoms with van der Waals surface area (Å²) in [7, 11) is 0. The lowest BCUT2D eigenvalue weighted by molar-refractivity contribution is -0.114. The van der Waals surface area contributed by atoms with Crippen LogP contribution >= 0.6 is 11.3 Å². The van der Waals surface area contributed by atoms with Gasteiger partial charge in [0.2, 0.25) is 5.91 Å². The van der Waals surface area contributed by atoms with E-state index in [0.717, 1.165) is 10.6 Å². The van der Waals surface area contributed by atoms with E-state index in [1.807, 2.05) is 11.4 Å². The molecule has 16 heavy (non-hydrogen) atoms. The Labute approximate surface area is 99.7 Å². The zero-order chi connectivity index (χ0) is 12.2. The summed E-state index contributed by atoms with van der Waals surface area (Å²) in [5.41, 5.74) is 0.131. The Balaban J connectivity index is 2.48. The van der Waals surface area contributed by atoms with Crippen LogP contribution in [-0.2, 0) is 11.3 Å². The molecule has 0 atom stereocenters. The Morgan fingerprint density at radius 1 is 1.56 bits per heavy atom. The molecule has 5 heteroatoms. The molecule has 0 fully saturated rings. The van der Waals surface area contributed by atoms with Crippen LogP contribution in [0.4, 0.5) is 5.69 Å². The average Bonchev–Trinajstić information content (AvgIpc) is 2.49. The van der Waals surface area contributed by atoms with Gasteiger partial charge in [-0.25, -0.2) is 0 Å². The first-order valence-corrected chi connectivity index (χ1v) is 6.03. The lowest BCUT2D eigenvalue weighted by Crippen LogP contribution is -2.34. The van der Waals surface area contributed by atoms with Gasteiger partial charge in [-0.3, -0.25) is 4.79 Å². The van der Waals surface area contributed by atoms with Gasteiger partial charge >= 0.3 is 0 Å². The molecule has 0 spiro atoms. The first-order chi connectivity index (χ1) is 7.38. The fourth-order valence-corrected chi connectivity index (χ4v) is 2.06. The van der Waals surface area contributed by atoms with Gasteiger partial charge in [-0.1, -0.05) is 0 Å². The molecule has 4 nitrogen and oxygen atoms in total. The third kappa shape index (κ3) is 4.74. The van der Waals surface area contributed by atoms with Crippen molar-refractivity contribution >= 4 is 22.9 Å². The van der Waals surface area contributed by atoms with Gasteiger partial charge in [-0.05, 0) is 25.3 Å². The second-order valence-corrected chi connectivity index (χ2v) is 5.36. The number of aliphatic hydroxyl groups is 1. The van der Waals surface area contributed by atoms with Crippen LogP contribution in [0.3, 0.4) is 0 Å². The van der Waals surface area contributed by atoms with E-state index in [9.17, 15) is 9.90 Å². The summed E-state index contributed by atoms with van der Waals surface area (Å²) in [5.74, 6) is -0.0675. The van der Waals surface area contributed by atoms with Crippen molar-refractivity contribution < 1.29 is 9.90 Å². The van der Waals surface area contributed by atoms with Crippen LogP contribution in [0.15, 0.2) is 11.4 Å². The molecular weight excluding hydrogens is 224 g/mol. The number of anilines is 1. The van der Waals surface area contributed by atoms with Crippen LogP contribution in [0.25, 0.3) is 0 Å². The first kappa shape index (κ1) is 13.2. The van der Waals surface area contributed by atoms with Crippen LogP contribution in [0.5, 0.6) is 0 Å². The summed E-state index contributed by atoms with van der Waals surface area (Å²) < 4.78 is 0. The molecule has 90 valence electrons. The maximum absolute atomic E-state index is 10.9. The molecule has 0 saturated heterocycles. The number of carbonyl (C=O) groups excluding carboxylic acids is 1. The lowest BCUT2D eigenvalue weighted by Gasteiger charge is -2.17. The second-order valence-electron chi connectivity index (χ2n) is 4.35. The van der Waals surface area contributed by atoms with E-state index in [4.69, 9.17) is 0 Å². The summed E-state index contributed by atoms with van der Waals surface area (Å²) >= 11 is 1.58. The minimum absolute atomic E-state index is 0.0675. The third-order valence-electron chi connectivity index (χ3n) is 1.90. The summed E-state index contributed by atoms with van der Waals surface area (Å²) in [4.78, 5) is 12.0. The quantitative estimate of drug-likeness (QED) is 0.734. The van der Waals surface area contributed by atoms with E-state index in [1.165, 1.54) is 6.92 Å². The molecular formula is C11H18N2O2S. The maximum atomic E-state index is 10.9. The highest BCUT2D eigenvalue weighted by Crippen LogP contribution is 2.22. The van der Waals surface area contributed by atoms with Crippen molar-refractivity contribution in [1.29, 1.82) is 0 Å². The average molecular weight is 242 g/mol. The van der Waals surface area contributed by atoms with E-state index < -0.39 is 5.60 Å². The smallest absolute Gasteiger partial charge is 0.221 e. The summed E-state index contributed by atoms with van der Waals surface area (Å²) in [5, 5.41) is 17.4. The van der Waals surface area contributed by atoms with Crippen molar-refractivity contribution in [2.24, 2.45) is 0 Å². The Bertz CT molecular complexity index is 355. The molecule has 0 aromatic carbocycles. The second kappa shape index (κ2) is 5.43. The van der Waals surface area contributed by atoms with Crippen molar-refractivity contribution in [2.75, 3.05) is 11.9 Å². The number of amides is 1. The van der Waals surface area contributed by atoms with Gasteiger partial charge < -0.3 is 15.7 Å². The maximum Gasteiger partial charge on any atom is 0.221 e.